The van der Waals surface area contributed by atoms with Gasteiger partial charge in [-0.25, -0.2) is 4.79 Å². The first-order valence-electron chi connectivity index (χ1n) is 5.21. The summed E-state index contributed by atoms with van der Waals surface area (Å²) in [7, 11) is 2.60. The molecule has 0 fully saturated rings. The average molecular weight is 253 g/mol. The van der Waals surface area contributed by atoms with Crippen LogP contribution in [0.2, 0.25) is 0 Å². The van der Waals surface area contributed by atoms with E-state index in [1.54, 1.807) is 12.1 Å². The lowest BCUT2D eigenvalue weighted by Crippen LogP contribution is -2.17. The zero-order valence-corrected chi connectivity index (χ0v) is 10.4. The summed E-state index contributed by atoms with van der Waals surface area (Å²) < 4.78 is 9.53. The molecule has 1 aromatic carbocycles. The molecule has 1 aromatic rings. The van der Waals surface area contributed by atoms with Gasteiger partial charge in [0.2, 0.25) is 5.91 Å². The van der Waals surface area contributed by atoms with E-state index in [0.717, 1.165) is 0 Å². The number of esters is 1. The Labute approximate surface area is 105 Å². The van der Waals surface area contributed by atoms with Crippen LogP contribution in [0.5, 0.6) is 5.75 Å². The summed E-state index contributed by atoms with van der Waals surface area (Å²) in [5, 5.41) is 12.3. The Hall–Kier alpha value is -2.08. The average Bonchev–Trinajstić information content (AvgIpc) is 2.36. The number of methoxy groups -OCH3 is 2. The SMILES string of the molecule is COC(=O)C(O)c1cccc(OC)c1NC(C)=O. The lowest BCUT2D eigenvalue weighted by molar-refractivity contribution is -0.150. The first-order valence-corrected chi connectivity index (χ1v) is 5.21. The molecule has 6 nitrogen and oxygen atoms in total. The minimum atomic E-state index is -1.48. The van der Waals surface area contributed by atoms with Gasteiger partial charge < -0.3 is 19.9 Å². The topological polar surface area (TPSA) is 84.9 Å². The molecule has 98 valence electrons. The summed E-state index contributed by atoms with van der Waals surface area (Å²) >= 11 is 0. The number of para-hydroxylation sites is 1. The van der Waals surface area contributed by atoms with Crippen molar-refractivity contribution in [1.29, 1.82) is 0 Å². The van der Waals surface area contributed by atoms with E-state index in [1.165, 1.54) is 27.2 Å². The molecule has 1 atom stereocenters. The molecule has 0 radical (unpaired) electrons. The number of nitrogens with one attached hydrogen (secondary N) is 1. The van der Waals surface area contributed by atoms with Crippen LogP contribution in [0.3, 0.4) is 0 Å². The zero-order chi connectivity index (χ0) is 13.7. The highest BCUT2D eigenvalue weighted by molar-refractivity contribution is 5.93. The van der Waals surface area contributed by atoms with Crippen LogP contribution in [-0.4, -0.2) is 31.2 Å². The third-order valence-electron chi connectivity index (χ3n) is 2.30. The summed E-state index contributed by atoms with van der Waals surface area (Å²) in [6.07, 6.45) is -1.48. The second-order valence-electron chi connectivity index (χ2n) is 3.53. The Morgan fingerprint density at radius 3 is 2.50 bits per heavy atom. The number of rotatable bonds is 4. The Balaban J connectivity index is 3.24. The van der Waals surface area contributed by atoms with Gasteiger partial charge in [0.05, 0.1) is 19.9 Å². The Morgan fingerprint density at radius 2 is 2.00 bits per heavy atom. The second-order valence-corrected chi connectivity index (χ2v) is 3.53. The third kappa shape index (κ3) is 2.98. The minimum Gasteiger partial charge on any atom is -0.495 e. The van der Waals surface area contributed by atoms with E-state index in [4.69, 9.17) is 4.74 Å². The van der Waals surface area contributed by atoms with Crippen LogP contribution in [0.1, 0.15) is 18.6 Å². The van der Waals surface area contributed by atoms with Gasteiger partial charge in [-0.05, 0) is 6.07 Å². The standard InChI is InChI=1S/C12H15NO5/c1-7(14)13-10-8(11(15)12(16)18-3)5-4-6-9(10)17-2/h4-6,11,15H,1-3H3,(H,13,14). The van der Waals surface area contributed by atoms with Crippen LogP contribution in [0.15, 0.2) is 18.2 Å². The quantitative estimate of drug-likeness (QED) is 0.777. The summed E-state index contributed by atoms with van der Waals surface area (Å²) in [5.41, 5.74) is 0.474. The van der Waals surface area contributed by atoms with Crippen LogP contribution in [0.25, 0.3) is 0 Å². The monoisotopic (exact) mass is 253 g/mol. The van der Waals surface area contributed by atoms with Crippen LogP contribution in [0.4, 0.5) is 5.69 Å². The fourth-order valence-corrected chi connectivity index (χ4v) is 1.49. The fourth-order valence-electron chi connectivity index (χ4n) is 1.49. The van der Waals surface area contributed by atoms with E-state index in [2.05, 4.69) is 10.1 Å². The predicted molar refractivity (Wildman–Crippen MR) is 64.3 cm³/mol. The molecule has 0 aromatic heterocycles. The highest BCUT2D eigenvalue weighted by Gasteiger charge is 2.23. The first-order chi connectivity index (χ1) is 8.51. The van der Waals surface area contributed by atoms with Crippen molar-refractivity contribution in [1.82, 2.24) is 0 Å². The molecule has 6 heteroatoms. The van der Waals surface area contributed by atoms with Crippen molar-refractivity contribution >= 4 is 17.6 Å². The molecule has 18 heavy (non-hydrogen) atoms. The van der Waals surface area contributed by atoms with Crippen molar-refractivity contribution in [3.8, 4) is 5.75 Å². The maximum atomic E-state index is 11.3. The van der Waals surface area contributed by atoms with Crippen LogP contribution in [0, 0.1) is 0 Å². The van der Waals surface area contributed by atoms with Gasteiger partial charge in [0, 0.05) is 12.5 Å². The molecular weight excluding hydrogens is 238 g/mol. The van der Waals surface area contributed by atoms with Gasteiger partial charge in [-0.3, -0.25) is 4.79 Å². The molecule has 0 aliphatic heterocycles. The normalized spacial score (nSPS) is 11.6. The molecule has 0 bridgehead atoms. The second kappa shape index (κ2) is 6.02. The van der Waals surface area contributed by atoms with Crippen molar-refractivity contribution in [2.45, 2.75) is 13.0 Å². The lowest BCUT2D eigenvalue weighted by atomic mass is 10.1. The predicted octanol–water partition coefficient (Wildman–Crippen LogP) is 0.860. The van der Waals surface area contributed by atoms with Crippen molar-refractivity contribution in [3.63, 3.8) is 0 Å². The number of carbonyl (C=O) groups is 2. The Morgan fingerprint density at radius 1 is 1.33 bits per heavy atom. The summed E-state index contributed by atoms with van der Waals surface area (Å²) in [6, 6.07) is 4.72. The molecule has 1 rings (SSSR count). The highest BCUT2D eigenvalue weighted by atomic mass is 16.5. The molecule has 0 aliphatic carbocycles. The third-order valence-corrected chi connectivity index (χ3v) is 2.30. The molecule has 0 heterocycles. The van der Waals surface area contributed by atoms with Gasteiger partial charge in [0.25, 0.3) is 0 Å². The number of aliphatic hydroxyl groups is 1. The van der Waals surface area contributed by atoms with Gasteiger partial charge in [-0.2, -0.15) is 0 Å². The number of carbonyl (C=O) groups excluding carboxylic acids is 2. The number of hydrogen-bond acceptors (Lipinski definition) is 5. The Bertz CT molecular complexity index is 458. The molecule has 1 amide bonds. The Kier molecular flexibility index (Phi) is 4.67. The summed E-state index contributed by atoms with van der Waals surface area (Å²) in [4.78, 5) is 22.5. The number of hydrogen-bond donors (Lipinski definition) is 2. The fraction of sp³-hybridized carbons (Fsp3) is 0.333. The summed E-state index contributed by atoms with van der Waals surface area (Å²) in [5.74, 6) is -0.793. The number of anilines is 1. The maximum Gasteiger partial charge on any atom is 0.339 e. The van der Waals surface area contributed by atoms with Gasteiger partial charge in [-0.1, -0.05) is 12.1 Å². The van der Waals surface area contributed by atoms with Crippen molar-refractivity contribution < 1.29 is 24.2 Å². The molecule has 0 saturated carbocycles. The molecule has 1 unspecified atom stereocenters. The number of amides is 1. The molecular formula is C12H15NO5. The van der Waals surface area contributed by atoms with Gasteiger partial charge in [-0.15, -0.1) is 0 Å². The first kappa shape index (κ1) is 14.0. The van der Waals surface area contributed by atoms with Crippen LogP contribution >= 0.6 is 0 Å². The largest absolute Gasteiger partial charge is 0.495 e. The molecule has 0 spiro atoms. The number of aliphatic hydroxyl groups excluding tert-OH is 1. The number of benzene rings is 1. The van der Waals surface area contributed by atoms with E-state index >= 15 is 0 Å². The van der Waals surface area contributed by atoms with E-state index in [1.807, 2.05) is 0 Å². The van der Waals surface area contributed by atoms with Gasteiger partial charge in [0.15, 0.2) is 6.10 Å². The summed E-state index contributed by atoms with van der Waals surface area (Å²) in [6.45, 7) is 1.32. The van der Waals surface area contributed by atoms with Crippen molar-refractivity contribution in [2.24, 2.45) is 0 Å². The van der Waals surface area contributed by atoms with E-state index < -0.39 is 12.1 Å². The van der Waals surface area contributed by atoms with E-state index in [0.29, 0.717) is 5.75 Å². The smallest absolute Gasteiger partial charge is 0.339 e. The van der Waals surface area contributed by atoms with Gasteiger partial charge >= 0.3 is 5.97 Å². The molecule has 0 saturated heterocycles. The van der Waals surface area contributed by atoms with Crippen LogP contribution < -0.4 is 10.1 Å². The highest BCUT2D eigenvalue weighted by Crippen LogP contribution is 2.32. The number of ether oxygens (including phenoxy) is 2. The molecule has 0 aliphatic rings. The lowest BCUT2D eigenvalue weighted by Gasteiger charge is -2.16. The van der Waals surface area contributed by atoms with E-state index in [-0.39, 0.29) is 17.2 Å². The maximum absolute atomic E-state index is 11.3. The van der Waals surface area contributed by atoms with Crippen molar-refractivity contribution in [3.05, 3.63) is 23.8 Å². The van der Waals surface area contributed by atoms with E-state index in [9.17, 15) is 14.7 Å². The van der Waals surface area contributed by atoms with Gasteiger partial charge in [0.1, 0.15) is 5.75 Å². The minimum absolute atomic E-state index is 0.219. The zero-order valence-electron chi connectivity index (χ0n) is 10.4. The molecule has 2 N–H and O–H groups in total. The van der Waals surface area contributed by atoms with Crippen LogP contribution in [-0.2, 0) is 14.3 Å². The van der Waals surface area contributed by atoms with Crippen molar-refractivity contribution in [2.75, 3.05) is 19.5 Å².